The fourth-order valence-electron chi connectivity index (χ4n) is 3.90. The molecule has 0 unspecified atom stereocenters. The van der Waals surface area contributed by atoms with E-state index in [1.54, 1.807) is 6.07 Å². The normalized spacial score (nSPS) is 24.1. The molecule has 1 fully saturated rings. The number of carbonyl (C=O) groups is 2. The number of carboxylic acid groups (broad SMARTS) is 1. The standard InChI is InChI=1S/C18H17F2N3O4/c19-17(20)23-6-5-13(21-23)15(24)22-8-12-9-27-14-4-2-1-3-11(14)7-18(12,10-22)16(25)26/h1-6,12,17H,7-10H2,(H,25,26)/t12-,18+/m1/s1. The van der Waals surface area contributed by atoms with Gasteiger partial charge in [0, 0.05) is 25.2 Å². The molecule has 1 aromatic heterocycles. The van der Waals surface area contributed by atoms with Crippen LogP contribution in [-0.4, -0.2) is 51.4 Å². The zero-order valence-electron chi connectivity index (χ0n) is 14.2. The molecule has 0 bridgehead atoms. The van der Waals surface area contributed by atoms with Crippen LogP contribution in [0, 0.1) is 11.3 Å². The van der Waals surface area contributed by atoms with Crippen molar-refractivity contribution in [2.45, 2.75) is 13.0 Å². The number of aliphatic carboxylic acids is 1. The summed E-state index contributed by atoms with van der Waals surface area (Å²) in [6.07, 6.45) is 1.26. The van der Waals surface area contributed by atoms with Crippen molar-refractivity contribution in [3.05, 3.63) is 47.8 Å². The molecule has 7 nitrogen and oxygen atoms in total. The number of alkyl halides is 2. The number of aromatic nitrogens is 2. The second kappa shape index (κ2) is 6.33. The maximum Gasteiger partial charge on any atom is 0.333 e. The Bertz CT molecular complexity index is 900. The Hall–Kier alpha value is -2.97. The van der Waals surface area contributed by atoms with Gasteiger partial charge in [-0.2, -0.15) is 13.9 Å². The van der Waals surface area contributed by atoms with E-state index in [1.165, 1.54) is 11.0 Å². The number of para-hydroxylation sites is 1. The SMILES string of the molecule is O=C(c1ccn(C(F)F)n1)N1C[C@@H]2COc3ccccc3C[C@]2(C(=O)O)C1. The molecule has 1 saturated heterocycles. The first-order valence-corrected chi connectivity index (χ1v) is 8.47. The van der Waals surface area contributed by atoms with Crippen LogP contribution >= 0.6 is 0 Å². The van der Waals surface area contributed by atoms with Crippen molar-refractivity contribution in [3.8, 4) is 5.75 Å². The van der Waals surface area contributed by atoms with E-state index >= 15 is 0 Å². The van der Waals surface area contributed by atoms with Gasteiger partial charge in [-0.25, -0.2) is 4.68 Å². The largest absolute Gasteiger partial charge is 0.493 e. The third-order valence-electron chi connectivity index (χ3n) is 5.35. The number of amides is 1. The minimum Gasteiger partial charge on any atom is -0.493 e. The maximum absolute atomic E-state index is 12.7. The van der Waals surface area contributed by atoms with Crippen molar-refractivity contribution >= 4 is 11.9 Å². The summed E-state index contributed by atoms with van der Waals surface area (Å²) < 4.78 is 31.6. The van der Waals surface area contributed by atoms with Crippen molar-refractivity contribution in [2.24, 2.45) is 11.3 Å². The van der Waals surface area contributed by atoms with Gasteiger partial charge in [0.1, 0.15) is 5.75 Å². The summed E-state index contributed by atoms with van der Waals surface area (Å²) in [4.78, 5) is 26.3. The average molecular weight is 377 g/mol. The van der Waals surface area contributed by atoms with Crippen LogP contribution in [0.4, 0.5) is 8.78 Å². The van der Waals surface area contributed by atoms with Crippen molar-refractivity contribution in [2.75, 3.05) is 19.7 Å². The molecule has 3 heterocycles. The molecule has 0 saturated carbocycles. The molecule has 0 radical (unpaired) electrons. The van der Waals surface area contributed by atoms with Gasteiger partial charge in [-0.1, -0.05) is 18.2 Å². The maximum atomic E-state index is 12.7. The Balaban J connectivity index is 1.63. The number of hydrogen-bond donors (Lipinski definition) is 1. The number of hydrogen-bond acceptors (Lipinski definition) is 4. The Morgan fingerprint density at radius 1 is 1.30 bits per heavy atom. The van der Waals surface area contributed by atoms with Crippen LogP contribution in [0.2, 0.25) is 0 Å². The van der Waals surface area contributed by atoms with Gasteiger partial charge >= 0.3 is 12.5 Å². The number of nitrogens with zero attached hydrogens (tertiary/aromatic N) is 3. The molecule has 2 atom stereocenters. The number of halogens is 2. The monoisotopic (exact) mass is 377 g/mol. The third-order valence-corrected chi connectivity index (χ3v) is 5.35. The highest BCUT2D eigenvalue weighted by atomic mass is 19.3. The van der Waals surface area contributed by atoms with Gasteiger partial charge in [0.15, 0.2) is 5.69 Å². The molecule has 27 heavy (non-hydrogen) atoms. The van der Waals surface area contributed by atoms with Gasteiger partial charge in [-0.15, -0.1) is 0 Å². The van der Waals surface area contributed by atoms with Crippen LogP contribution in [0.5, 0.6) is 5.75 Å². The molecule has 2 aliphatic rings. The lowest BCUT2D eigenvalue weighted by molar-refractivity contribution is -0.150. The van der Waals surface area contributed by atoms with Gasteiger partial charge < -0.3 is 14.7 Å². The van der Waals surface area contributed by atoms with E-state index in [0.29, 0.717) is 10.4 Å². The highest BCUT2D eigenvalue weighted by molar-refractivity contribution is 5.93. The molecule has 1 N–H and O–H groups in total. The van der Waals surface area contributed by atoms with E-state index in [-0.39, 0.29) is 31.8 Å². The number of fused-ring (bicyclic) bond motifs is 2. The minimum absolute atomic E-state index is 0.0228. The summed E-state index contributed by atoms with van der Waals surface area (Å²) in [6, 6.07) is 8.46. The van der Waals surface area contributed by atoms with Crippen molar-refractivity contribution in [3.63, 3.8) is 0 Å². The highest BCUT2D eigenvalue weighted by Crippen LogP contribution is 2.44. The topological polar surface area (TPSA) is 84.7 Å². The Labute approximate surface area is 153 Å². The smallest absolute Gasteiger partial charge is 0.333 e. The first kappa shape index (κ1) is 17.4. The Morgan fingerprint density at radius 2 is 2.07 bits per heavy atom. The van der Waals surface area contributed by atoms with Crippen LogP contribution in [0.3, 0.4) is 0 Å². The number of ether oxygens (including phenoxy) is 1. The minimum atomic E-state index is -2.84. The molecule has 2 aliphatic heterocycles. The molecule has 4 rings (SSSR count). The number of benzene rings is 1. The fourth-order valence-corrected chi connectivity index (χ4v) is 3.90. The number of carbonyl (C=O) groups excluding carboxylic acids is 1. The Kier molecular flexibility index (Phi) is 4.09. The van der Waals surface area contributed by atoms with E-state index in [2.05, 4.69) is 5.10 Å². The second-order valence-electron chi connectivity index (χ2n) is 6.90. The molecule has 2 aromatic rings. The van der Waals surface area contributed by atoms with Gasteiger partial charge in [-0.3, -0.25) is 9.59 Å². The lowest BCUT2D eigenvalue weighted by atomic mass is 9.74. The highest BCUT2D eigenvalue weighted by Gasteiger charge is 2.55. The number of rotatable bonds is 3. The number of likely N-dealkylation sites (tertiary alicyclic amines) is 1. The molecule has 0 spiro atoms. The fraction of sp³-hybridized carbons (Fsp3) is 0.389. The molecule has 0 aliphatic carbocycles. The molecular formula is C18H17F2N3O4. The van der Waals surface area contributed by atoms with E-state index in [0.717, 1.165) is 11.8 Å². The summed E-state index contributed by atoms with van der Waals surface area (Å²) >= 11 is 0. The number of carboxylic acids is 1. The summed E-state index contributed by atoms with van der Waals surface area (Å²) in [5.41, 5.74) is -0.541. The summed E-state index contributed by atoms with van der Waals surface area (Å²) in [5.74, 6) is -1.32. The molecule has 1 aromatic carbocycles. The molecule has 142 valence electrons. The first-order valence-electron chi connectivity index (χ1n) is 8.47. The Morgan fingerprint density at radius 3 is 2.78 bits per heavy atom. The van der Waals surface area contributed by atoms with Gasteiger partial charge in [0.05, 0.1) is 12.0 Å². The van der Waals surface area contributed by atoms with Gasteiger partial charge in [-0.05, 0) is 24.1 Å². The predicted molar refractivity (Wildman–Crippen MR) is 88.6 cm³/mol. The molecule has 9 heteroatoms. The van der Waals surface area contributed by atoms with Crippen LogP contribution in [0.1, 0.15) is 22.6 Å². The van der Waals surface area contributed by atoms with Crippen LogP contribution in [-0.2, 0) is 11.2 Å². The zero-order valence-corrected chi connectivity index (χ0v) is 14.2. The predicted octanol–water partition coefficient (Wildman–Crippen LogP) is 2.06. The van der Waals surface area contributed by atoms with Gasteiger partial charge in [0.25, 0.3) is 5.91 Å². The van der Waals surface area contributed by atoms with Crippen molar-refractivity contribution < 1.29 is 28.2 Å². The van der Waals surface area contributed by atoms with Crippen LogP contribution in [0.15, 0.2) is 36.5 Å². The molecular weight excluding hydrogens is 360 g/mol. The third kappa shape index (κ3) is 2.83. The van der Waals surface area contributed by atoms with E-state index in [1.807, 2.05) is 18.2 Å². The quantitative estimate of drug-likeness (QED) is 0.885. The lowest BCUT2D eigenvalue weighted by Crippen LogP contribution is -2.42. The van der Waals surface area contributed by atoms with Crippen molar-refractivity contribution in [1.29, 1.82) is 0 Å². The summed E-state index contributed by atoms with van der Waals surface area (Å²) in [7, 11) is 0. The van der Waals surface area contributed by atoms with Crippen molar-refractivity contribution in [1.82, 2.24) is 14.7 Å². The van der Waals surface area contributed by atoms with E-state index < -0.39 is 29.8 Å². The lowest BCUT2D eigenvalue weighted by Gasteiger charge is -2.27. The summed E-state index contributed by atoms with van der Waals surface area (Å²) in [5, 5.41) is 13.6. The zero-order chi connectivity index (χ0) is 19.2. The van der Waals surface area contributed by atoms with Gasteiger partial charge in [0.2, 0.25) is 0 Å². The van der Waals surface area contributed by atoms with Crippen LogP contribution < -0.4 is 4.74 Å². The molecule has 1 amide bonds. The first-order chi connectivity index (χ1) is 12.9. The van der Waals surface area contributed by atoms with Crippen LogP contribution in [0.25, 0.3) is 0 Å². The van der Waals surface area contributed by atoms with E-state index in [9.17, 15) is 23.5 Å². The second-order valence-corrected chi connectivity index (χ2v) is 6.90. The summed E-state index contributed by atoms with van der Waals surface area (Å²) in [6.45, 7) is -2.53. The van der Waals surface area contributed by atoms with E-state index in [4.69, 9.17) is 4.74 Å². The average Bonchev–Trinajstić information content (AvgIpc) is 3.24.